The highest BCUT2D eigenvalue weighted by molar-refractivity contribution is 7.90. The number of hydrogen-bond donors (Lipinski definition) is 4. The Kier molecular flexibility index (Phi) is 10.4. The maximum Gasteiger partial charge on any atom is 0.408 e. The minimum atomic E-state index is -4.08. The van der Waals surface area contributed by atoms with E-state index in [2.05, 4.69) is 15.0 Å². The van der Waals surface area contributed by atoms with Gasteiger partial charge in [-0.2, -0.15) is 0 Å². The molecule has 1 atom stereocenters. The van der Waals surface area contributed by atoms with Crippen molar-refractivity contribution in [1.29, 1.82) is 0 Å². The van der Waals surface area contributed by atoms with Crippen LogP contribution in [-0.4, -0.2) is 55.8 Å². The SMILES string of the molecule is Cc1c(C)c(S(=O)(=O)NC(N)=NCCC[C@](C)(NC(=O)OCC2c3ccccc3-c3ccccc32)C(=O)O)c(C)c2c1OC(C)(C)C2.Cl. The van der Waals surface area contributed by atoms with E-state index in [-0.39, 0.29) is 55.2 Å². The molecule has 0 radical (unpaired) electrons. The number of alkyl carbamates (subject to hydrolysis) is 1. The number of carbonyl (C=O) groups excluding carboxylic acids is 1. The van der Waals surface area contributed by atoms with Gasteiger partial charge >= 0.3 is 12.1 Å². The Bertz CT molecular complexity index is 1850. The molecule has 3 aromatic carbocycles. The summed E-state index contributed by atoms with van der Waals surface area (Å²) in [4.78, 5) is 29.3. The summed E-state index contributed by atoms with van der Waals surface area (Å²) in [5.41, 5.74) is 10.9. The lowest BCUT2D eigenvalue weighted by Crippen LogP contribution is -2.52. The molecule has 0 saturated heterocycles. The van der Waals surface area contributed by atoms with Gasteiger partial charge in [-0.25, -0.2) is 22.7 Å². The Hall–Kier alpha value is -4.29. The minimum Gasteiger partial charge on any atom is -0.487 e. The van der Waals surface area contributed by atoms with Gasteiger partial charge in [0.1, 0.15) is 23.5 Å². The largest absolute Gasteiger partial charge is 0.487 e. The Balaban J connectivity index is 0.00000520. The van der Waals surface area contributed by atoms with E-state index in [0.717, 1.165) is 39.1 Å². The first-order valence-electron chi connectivity index (χ1n) is 15.6. The number of nitrogens with two attached hydrogens (primary N) is 1. The van der Waals surface area contributed by atoms with Gasteiger partial charge in [-0.15, -0.1) is 12.4 Å². The Morgan fingerprint density at radius 2 is 1.62 bits per heavy atom. The number of rotatable bonds is 10. The van der Waals surface area contributed by atoms with Crippen LogP contribution in [-0.2, 0) is 26.0 Å². The molecule has 0 unspecified atom stereocenters. The number of ether oxygens (including phenoxy) is 2. The summed E-state index contributed by atoms with van der Waals surface area (Å²) < 4.78 is 40.9. The third kappa shape index (κ3) is 7.09. The number of sulfonamides is 1. The molecule has 0 bridgehead atoms. The van der Waals surface area contributed by atoms with Crippen molar-refractivity contribution in [3.8, 4) is 16.9 Å². The second-order valence-corrected chi connectivity index (χ2v) is 14.7. The number of nitrogens with zero attached hydrogens (tertiary/aromatic N) is 1. The number of hydrogen-bond acceptors (Lipinski definition) is 7. The predicted molar refractivity (Wildman–Crippen MR) is 187 cm³/mol. The van der Waals surface area contributed by atoms with Crippen LogP contribution in [0.15, 0.2) is 58.4 Å². The topological polar surface area (TPSA) is 169 Å². The summed E-state index contributed by atoms with van der Waals surface area (Å²) in [6.07, 6.45) is -0.0872. The average Bonchev–Trinajstić information content (AvgIpc) is 3.51. The summed E-state index contributed by atoms with van der Waals surface area (Å²) in [6, 6.07) is 15.9. The summed E-state index contributed by atoms with van der Waals surface area (Å²) in [6.45, 7) is 10.7. The minimum absolute atomic E-state index is 0. The fourth-order valence-electron chi connectivity index (χ4n) is 6.58. The highest BCUT2D eigenvalue weighted by atomic mass is 35.5. The molecule has 0 aromatic heterocycles. The molecule has 11 nitrogen and oxygen atoms in total. The van der Waals surface area contributed by atoms with Crippen molar-refractivity contribution in [1.82, 2.24) is 10.0 Å². The Morgan fingerprint density at radius 1 is 1.04 bits per heavy atom. The van der Waals surface area contributed by atoms with Crippen molar-refractivity contribution in [2.24, 2.45) is 10.7 Å². The molecule has 1 amide bonds. The maximum atomic E-state index is 13.4. The monoisotopic (exact) mass is 698 g/mol. The van der Waals surface area contributed by atoms with Crippen molar-refractivity contribution in [2.75, 3.05) is 13.2 Å². The van der Waals surface area contributed by atoms with E-state index in [1.165, 1.54) is 6.92 Å². The third-order valence-corrected chi connectivity index (χ3v) is 10.7. The van der Waals surface area contributed by atoms with Crippen LogP contribution in [0.25, 0.3) is 11.1 Å². The standard InChI is InChI=1S/C35H42N4O7S.ClH/c1-20-21(2)30(22(3)27-18-34(4,5)46-29(20)27)47(43,44)39-32(36)37-17-11-16-35(6,31(40)41)38-33(42)45-19-28-25-14-9-7-12-23(25)24-13-8-10-15-26(24)28;/h7-10,12-15,28H,11,16-19H2,1-6H3,(H,38,42)(H,40,41)(H3,36,37,39);1H/t35-;/m0./s1. The molecule has 258 valence electrons. The van der Waals surface area contributed by atoms with Crippen LogP contribution < -0.4 is 20.5 Å². The molecule has 1 heterocycles. The number of nitrogens with one attached hydrogen (secondary N) is 2. The van der Waals surface area contributed by atoms with E-state index >= 15 is 0 Å². The van der Waals surface area contributed by atoms with Crippen LogP contribution in [0.3, 0.4) is 0 Å². The number of halogens is 1. The molecule has 48 heavy (non-hydrogen) atoms. The lowest BCUT2D eigenvalue weighted by atomic mass is 9.94. The molecule has 3 aromatic rings. The average molecular weight is 699 g/mol. The quantitative estimate of drug-likeness (QED) is 0.122. The van der Waals surface area contributed by atoms with Gasteiger partial charge in [0.25, 0.3) is 10.0 Å². The second-order valence-electron chi connectivity index (χ2n) is 13.1. The molecule has 1 aliphatic carbocycles. The zero-order valence-corrected chi connectivity index (χ0v) is 29.6. The summed E-state index contributed by atoms with van der Waals surface area (Å²) >= 11 is 0. The molecule has 5 N–H and O–H groups in total. The number of aliphatic imine (C=N–C) groups is 1. The van der Waals surface area contributed by atoms with Crippen molar-refractivity contribution in [3.63, 3.8) is 0 Å². The van der Waals surface area contributed by atoms with Crippen LogP contribution in [0.1, 0.15) is 72.9 Å². The lowest BCUT2D eigenvalue weighted by Gasteiger charge is -2.26. The molecule has 1 aliphatic heterocycles. The molecule has 0 spiro atoms. The van der Waals surface area contributed by atoms with Crippen LogP contribution in [0.5, 0.6) is 5.75 Å². The Morgan fingerprint density at radius 3 is 2.21 bits per heavy atom. The van der Waals surface area contributed by atoms with Crippen molar-refractivity contribution in [2.45, 2.75) is 82.8 Å². The molecule has 0 saturated carbocycles. The predicted octanol–water partition coefficient (Wildman–Crippen LogP) is 5.50. The van der Waals surface area contributed by atoms with Gasteiger partial charge in [0, 0.05) is 24.4 Å². The van der Waals surface area contributed by atoms with E-state index in [1.807, 2.05) is 69.3 Å². The molecular formula is C35H43ClN4O7S. The first kappa shape index (κ1) is 36.5. The van der Waals surface area contributed by atoms with Crippen molar-refractivity contribution < 1.29 is 32.6 Å². The normalized spacial score (nSPS) is 16.0. The second kappa shape index (κ2) is 13.7. The summed E-state index contributed by atoms with van der Waals surface area (Å²) in [7, 11) is -4.08. The zero-order valence-electron chi connectivity index (χ0n) is 28.0. The summed E-state index contributed by atoms with van der Waals surface area (Å²) in [5.74, 6) is -1.01. The molecule has 2 aliphatic rings. The van der Waals surface area contributed by atoms with E-state index in [1.54, 1.807) is 13.8 Å². The molecular weight excluding hydrogens is 656 g/mol. The van der Waals surface area contributed by atoms with Crippen molar-refractivity contribution >= 4 is 40.5 Å². The van der Waals surface area contributed by atoms with Gasteiger partial charge in [-0.05, 0) is 93.3 Å². The van der Waals surface area contributed by atoms with Gasteiger partial charge in [-0.1, -0.05) is 48.5 Å². The Labute approximate surface area is 287 Å². The number of fused-ring (bicyclic) bond motifs is 4. The van der Waals surface area contributed by atoms with Gasteiger partial charge in [0.2, 0.25) is 5.96 Å². The van der Waals surface area contributed by atoms with Gasteiger partial charge in [-0.3, -0.25) is 4.99 Å². The van der Waals surface area contributed by atoms with E-state index < -0.39 is 33.2 Å². The van der Waals surface area contributed by atoms with E-state index in [9.17, 15) is 23.1 Å². The van der Waals surface area contributed by atoms with Gasteiger partial charge in [0.05, 0.1) is 4.90 Å². The number of guanidine groups is 1. The maximum absolute atomic E-state index is 13.4. The first-order valence-corrected chi connectivity index (χ1v) is 17.0. The third-order valence-electron chi connectivity index (χ3n) is 9.11. The lowest BCUT2D eigenvalue weighted by molar-refractivity contribution is -0.144. The van der Waals surface area contributed by atoms with Gasteiger partial charge < -0.3 is 25.6 Å². The van der Waals surface area contributed by atoms with Crippen LogP contribution in [0.2, 0.25) is 0 Å². The van der Waals surface area contributed by atoms with Gasteiger partial charge in [0.15, 0.2) is 0 Å². The van der Waals surface area contributed by atoms with Crippen LogP contribution in [0.4, 0.5) is 4.79 Å². The van der Waals surface area contributed by atoms with Crippen molar-refractivity contribution in [3.05, 3.63) is 81.9 Å². The molecule has 13 heteroatoms. The number of carboxylic acid groups (broad SMARTS) is 1. The van der Waals surface area contributed by atoms with Crippen LogP contribution >= 0.6 is 12.4 Å². The number of amides is 1. The first-order chi connectivity index (χ1) is 22.0. The fourth-order valence-corrected chi connectivity index (χ4v) is 8.11. The van der Waals surface area contributed by atoms with Crippen LogP contribution in [0, 0.1) is 20.8 Å². The summed E-state index contributed by atoms with van der Waals surface area (Å²) in [5, 5.41) is 12.4. The highest BCUT2D eigenvalue weighted by Gasteiger charge is 2.38. The fraction of sp³-hybridized carbons (Fsp3) is 0.400. The molecule has 5 rings (SSSR count). The number of benzene rings is 3. The zero-order chi connectivity index (χ0) is 34.3. The highest BCUT2D eigenvalue weighted by Crippen LogP contribution is 2.45. The molecule has 0 fully saturated rings. The number of carbonyl (C=O) groups is 2. The van der Waals surface area contributed by atoms with E-state index in [0.29, 0.717) is 17.5 Å². The number of aliphatic carboxylic acids is 1. The van der Waals surface area contributed by atoms with E-state index in [4.69, 9.17) is 15.2 Å². The number of carboxylic acids is 1. The smallest absolute Gasteiger partial charge is 0.408 e.